The van der Waals surface area contributed by atoms with E-state index in [4.69, 9.17) is 0 Å². The molecule has 0 aromatic heterocycles. The second kappa shape index (κ2) is 4.64. The summed E-state index contributed by atoms with van der Waals surface area (Å²) in [7, 11) is 0. The van der Waals surface area contributed by atoms with Crippen molar-refractivity contribution in [2.75, 3.05) is 13.2 Å². The summed E-state index contributed by atoms with van der Waals surface area (Å²) in [4.78, 5) is 2.27. The molecular weight excluding hydrogens is 190 g/mol. The molecule has 0 bridgehead atoms. The molecule has 1 atom stereocenters. The number of likely N-dealkylation sites (tertiary alicyclic amines) is 1. The number of aliphatic hydroxyl groups is 1. The average Bonchev–Trinajstić information content (AvgIpc) is 2.65. The molecule has 1 aliphatic rings. The van der Waals surface area contributed by atoms with E-state index in [2.05, 4.69) is 4.90 Å². The molecule has 3 nitrogen and oxygen atoms in total. The number of aromatic hydroxyl groups is 1. The SMILES string of the molecule is OCC1CCCN1Cc1cccc(O)c1. The number of phenolic OH excluding ortho intramolecular Hbond substituents is 1. The quantitative estimate of drug-likeness (QED) is 0.786. The summed E-state index contributed by atoms with van der Waals surface area (Å²) in [6.45, 7) is 2.10. The molecule has 1 aromatic carbocycles. The Balaban J connectivity index is 2.02. The maximum Gasteiger partial charge on any atom is 0.115 e. The Morgan fingerprint density at radius 3 is 3.00 bits per heavy atom. The van der Waals surface area contributed by atoms with Gasteiger partial charge in [0.15, 0.2) is 0 Å². The summed E-state index contributed by atoms with van der Waals surface area (Å²) in [6.07, 6.45) is 2.24. The van der Waals surface area contributed by atoms with Gasteiger partial charge in [0, 0.05) is 12.6 Å². The molecule has 0 saturated carbocycles. The fourth-order valence-corrected chi connectivity index (χ4v) is 2.20. The van der Waals surface area contributed by atoms with Crippen LogP contribution in [0, 0.1) is 0 Å². The van der Waals surface area contributed by atoms with E-state index in [1.54, 1.807) is 12.1 Å². The largest absolute Gasteiger partial charge is 0.508 e. The molecule has 2 rings (SSSR count). The highest BCUT2D eigenvalue weighted by molar-refractivity contribution is 5.27. The van der Waals surface area contributed by atoms with E-state index < -0.39 is 0 Å². The normalized spacial score (nSPS) is 22.1. The van der Waals surface area contributed by atoms with Crippen molar-refractivity contribution in [1.82, 2.24) is 4.90 Å². The summed E-state index contributed by atoms with van der Waals surface area (Å²) >= 11 is 0. The monoisotopic (exact) mass is 207 g/mol. The first-order valence-corrected chi connectivity index (χ1v) is 5.42. The summed E-state index contributed by atoms with van der Waals surface area (Å²) in [6, 6.07) is 7.62. The number of hydrogen-bond acceptors (Lipinski definition) is 3. The maximum atomic E-state index is 9.34. The van der Waals surface area contributed by atoms with Gasteiger partial charge in [0.2, 0.25) is 0 Å². The zero-order valence-electron chi connectivity index (χ0n) is 8.76. The topological polar surface area (TPSA) is 43.7 Å². The van der Waals surface area contributed by atoms with Crippen LogP contribution in [-0.4, -0.2) is 34.3 Å². The van der Waals surface area contributed by atoms with E-state index in [1.807, 2.05) is 12.1 Å². The molecule has 2 N–H and O–H groups in total. The van der Waals surface area contributed by atoms with Crippen LogP contribution in [0.1, 0.15) is 18.4 Å². The molecule has 1 fully saturated rings. The molecule has 1 aromatic rings. The van der Waals surface area contributed by atoms with Crippen molar-refractivity contribution in [1.29, 1.82) is 0 Å². The standard InChI is InChI=1S/C12H17NO2/c14-9-11-4-2-6-13(11)8-10-3-1-5-12(15)7-10/h1,3,5,7,11,14-15H,2,4,6,8-9H2. The first-order valence-electron chi connectivity index (χ1n) is 5.42. The summed E-state index contributed by atoms with van der Waals surface area (Å²) in [5.41, 5.74) is 1.11. The molecule has 1 aliphatic heterocycles. The fourth-order valence-electron chi connectivity index (χ4n) is 2.20. The summed E-state index contributed by atoms with van der Waals surface area (Å²) in [5.74, 6) is 0.312. The van der Waals surface area contributed by atoms with E-state index in [9.17, 15) is 10.2 Å². The van der Waals surface area contributed by atoms with E-state index in [-0.39, 0.29) is 6.61 Å². The van der Waals surface area contributed by atoms with Crippen LogP contribution in [-0.2, 0) is 6.54 Å². The Labute approximate surface area is 90.0 Å². The molecule has 3 heteroatoms. The highest BCUT2D eigenvalue weighted by Crippen LogP contribution is 2.20. The van der Waals surface area contributed by atoms with Gasteiger partial charge < -0.3 is 10.2 Å². The van der Waals surface area contributed by atoms with Gasteiger partial charge in [-0.25, -0.2) is 0 Å². The lowest BCUT2D eigenvalue weighted by Crippen LogP contribution is -2.31. The van der Waals surface area contributed by atoms with Crippen LogP contribution in [0.3, 0.4) is 0 Å². The number of aliphatic hydroxyl groups excluding tert-OH is 1. The van der Waals surface area contributed by atoms with Gasteiger partial charge >= 0.3 is 0 Å². The van der Waals surface area contributed by atoms with E-state index in [1.165, 1.54) is 0 Å². The highest BCUT2D eigenvalue weighted by Gasteiger charge is 2.23. The second-order valence-electron chi connectivity index (χ2n) is 4.12. The van der Waals surface area contributed by atoms with Gasteiger partial charge in [-0.2, -0.15) is 0 Å². The Morgan fingerprint density at radius 2 is 2.27 bits per heavy atom. The van der Waals surface area contributed by atoms with Gasteiger partial charge in [-0.15, -0.1) is 0 Å². The minimum Gasteiger partial charge on any atom is -0.508 e. The Bertz CT molecular complexity index is 327. The minimum absolute atomic E-state index is 0.235. The summed E-state index contributed by atoms with van der Waals surface area (Å²) < 4.78 is 0. The van der Waals surface area contributed by atoms with Crippen LogP contribution in [0.4, 0.5) is 0 Å². The number of nitrogens with zero attached hydrogens (tertiary/aromatic N) is 1. The van der Waals surface area contributed by atoms with Crippen LogP contribution in [0.5, 0.6) is 5.75 Å². The highest BCUT2D eigenvalue weighted by atomic mass is 16.3. The zero-order valence-corrected chi connectivity index (χ0v) is 8.76. The zero-order chi connectivity index (χ0) is 10.7. The van der Waals surface area contributed by atoms with Crippen LogP contribution in [0.2, 0.25) is 0 Å². The number of benzene rings is 1. The molecule has 1 saturated heterocycles. The van der Waals surface area contributed by atoms with Gasteiger partial charge in [0.05, 0.1) is 6.61 Å². The lowest BCUT2D eigenvalue weighted by atomic mass is 10.2. The van der Waals surface area contributed by atoms with E-state index in [0.717, 1.165) is 31.5 Å². The van der Waals surface area contributed by atoms with Crippen LogP contribution in [0.25, 0.3) is 0 Å². The molecule has 0 aliphatic carbocycles. The van der Waals surface area contributed by atoms with Gasteiger partial charge in [-0.3, -0.25) is 4.90 Å². The van der Waals surface area contributed by atoms with Crippen molar-refractivity contribution in [2.24, 2.45) is 0 Å². The molecule has 1 unspecified atom stereocenters. The van der Waals surface area contributed by atoms with Crippen molar-refractivity contribution < 1.29 is 10.2 Å². The average molecular weight is 207 g/mol. The van der Waals surface area contributed by atoms with Crippen molar-refractivity contribution in [2.45, 2.75) is 25.4 Å². The molecule has 0 amide bonds. The first-order chi connectivity index (χ1) is 7.29. The molecule has 15 heavy (non-hydrogen) atoms. The molecular formula is C12H17NO2. The molecule has 82 valence electrons. The third kappa shape index (κ3) is 2.49. The van der Waals surface area contributed by atoms with E-state index >= 15 is 0 Å². The van der Waals surface area contributed by atoms with Crippen molar-refractivity contribution in [3.63, 3.8) is 0 Å². The van der Waals surface area contributed by atoms with Crippen LogP contribution < -0.4 is 0 Å². The molecule has 1 heterocycles. The lowest BCUT2D eigenvalue weighted by molar-refractivity contribution is 0.153. The third-order valence-corrected chi connectivity index (χ3v) is 3.01. The van der Waals surface area contributed by atoms with Crippen LogP contribution >= 0.6 is 0 Å². The fraction of sp³-hybridized carbons (Fsp3) is 0.500. The number of rotatable bonds is 3. The first kappa shape index (κ1) is 10.5. The second-order valence-corrected chi connectivity index (χ2v) is 4.12. The van der Waals surface area contributed by atoms with Crippen LogP contribution in [0.15, 0.2) is 24.3 Å². The Kier molecular flexibility index (Phi) is 3.23. The minimum atomic E-state index is 0.235. The van der Waals surface area contributed by atoms with Crippen molar-refractivity contribution >= 4 is 0 Å². The third-order valence-electron chi connectivity index (χ3n) is 3.01. The summed E-state index contributed by atoms with van der Waals surface area (Å²) in [5, 5.41) is 18.5. The predicted molar refractivity (Wildman–Crippen MR) is 58.6 cm³/mol. The number of hydrogen-bond donors (Lipinski definition) is 2. The number of phenols is 1. The molecule has 0 spiro atoms. The van der Waals surface area contributed by atoms with Crippen molar-refractivity contribution in [3.05, 3.63) is 29.8 Å². The van der Waals surface area contributed by atoms with Gasteiger partial charge in [-0.05, 0) is 37.1 Å². The maximum absolute atomic E-state index is 9.34. The predicted octanol–water partition coefficient (Wildman–Crippen LogP) is 1.35. The smallest absolute Gasteiger partial charge is 0.115 e. The Morgan fingerprint density at radius 1 is 1.40 bits per heavy atom. The van der Waals surface area contributed by atoms with Gasteiger partial charge in [-0.1, -0.05) is 12.1 Å². The lowest BCUT2D eigenvalue weighted by Gasteiger charge is -2.22. The van der Waals surface area contributed by atoms with Gasteiger partial charge in [0.25, 0.3) is 0 Å². The van der Waals surface area contributed by atoms with E-state index in [0.29, 0.717) is 11.8 Å². The van der Waals surface area contributed by atoms with Gasteiger partial charge in [0.1, 0.15) is 5.75 Å². The Hall–Kier alpha value is -1.06. The molecule has 0 radical (unpaired) electrons. The van der Waals surface area contributed by atoms with Crippen molar-refractivity contribution in [3.8, 4) is 5.75 Å².